The minimum atomic E-state index is -0.524. The van der Waals surface area contributed by atoms with Crippen LogP contribution in [-0.2, 0) is 10.2 Å². The van der Waals surface area contributed by atoms with E-state index in [1.807, 2.05) is 44.2 Å². The third kappa shape index (κ3) is 3.85. The second-order valence-electron chi connectivity index (χ2n) is 6.70. The summed E-state index contributed by atoms with van der Waals surface area (Å²) in [4.78, 5) is 12.7. The summed E-state index contributed by atoms with van der Waals surface area (Å²) in [6.45, 7) is 4.49. The molecule has 3 N–H and O–H groups in total. The minimum Gasteiger partial charge on any atom is -0.351 e. The molecular formula is C18H28N2O. The van der Waals surface area contributed by atoms with E-state index < -0.39 is 5.41 Å². The molecule has 116 valence electrons. The van der Waals surface area contributed by atoms with Gasteiger partial charge < -0.3 is 11.1 Å². The van der Waals surface area contributed by atoms with Crippen LogP contribution in [0.4, 0.5) is 0 Å². The van der Waals surface area contributed by atoms with Crippen molar-refractivity contribution in [1.29, 1.82) is 0 Å². The Morgan fingerprint density at radius 3 is 2.43 bits per heavy atom. The van der Waals surface area contributed by atoms with Crippen molar-refractivity contribution in [3.8, 4) is 0 Å². The molecule has 0 bridgehead atoms. The highest BCUT2D eigenvalue weighted by molar-refractivity contribution is 5.87. The second kappa shape index (κ2) is 7.08. The topological polar surface area (TPSA) is 55.1 Å². The van der Waals surface area contributed by atoms with Gasteiger partial charge in [-0.25, -0.2) is 0 Å². The maximum atomic E-state index is 12.7. The Bertz CT molecular complexity index is 450. The summed E-state index contributed by atoms with van der Waals surface area (Å²) in [7, 11) is 0. The fraction of sp³-hybridized carbons (Fsp3) is 0.611. The van der Waals surface area contributed by atoms with Crippen LogP contribution in [0.5, 0.6) is 0 Å². The molecule has 0 aromatic heterocycles. The Labute approximate surface area is 128 Å². The van der Waals surface area contributed by atoms with Gasteiger partial charge in [0.15, 0.2) is 0 Å². The van der Waals surface area contributed by atoms with Crippen molar-refractivity contribution < 1.29 is 4.79 Å². The molecule has 0 saturated heterocycles. The lowest BCUT2D eigenvalue weighted by Crippen LogP contribution is -2.51. The van der Waals surface area contributed by atoms with Gasteiger partial charge in [0, 0.05) is 12.6 Å². The Morgan fingerprint density at radius 1 is 1.24 bits per heavy atom. The molecule has 2 rings (SSSR count). The van der Waals surface area contributed by atoms with E-state index in [0.29, 0.717) is 12.5 Å². The van der Waals surface area contributed by atoms with Gasteiger partial charge in [-0.1, -0.05) is 49.6 Å². The third-order valence-corrected chi connectivity index (χ3v) is 4.85. The summed E-state index contributed by atoms with van der Waals surface area (Å²) in [6.07, 6.45) is 6.22. The first-order valence-corrected chi connectivity index (χ1v) is 8.12. The average Bonchev–Trinajstić information content (AvgIpc) is 2.54. The van der Waals surface area contributed by atoms with E-state index in [2.05, 4.69) is 5.32 Å². The molecule has 0 heterocycles. The predicted molar refractivity (Wildman–Crippen MR) is 87.0 cm³/mol. The zero-order chi connectivity index (χ0) is 15.3. The summed E-state index contributed by atoms with van der Waals surface area (Å²) in [5.74, 6) is 0.619. The van der Waals surface area contributed by atoms with Crippen LogP contribution in [0.2, 0.25) is 0 Å². The van der Waals surface area contributed by atoms with Gasteiger partial charge >= 0.3 is 0 Å². The summed E-state index contributed by atoms with van der Waals surface area (Å²) in [6, 6.07) is 10.1. The van der Waals surface area contributed by atoms with Crippen molar-refractivity contribution in [3.63, 3.8) is 0 Å². The number of nitrogens with one attached hydrogen (secondary N) is 1. The highest BCUT2D eigenvalue weighted by atomic mass is 16.2. The summed E-state index contributed by atoms with van der Waals surface area (Å²) >= 11 is 0. The highest BCUT2D eigenvalue weighted by Crippen LogP contribution is 2.28. The van der Waals surface area contributed by atoms with Gasteiger partial charge in [-0.2, -0.15) is 0 Å². The quantitative estimate of drug-likeness (QED) is 0.875. The smallest absolute Gasteiger partial charge is 0.230 e. The van der Waals surface area contributed by atoms with Crippen LogP contribution in [0.25, 0.3) is 0 Å². The average molecular weight is 288 g/mol. The summed E-state index contributed by atoms with van der Waals surface area (Å²) in [5, 5.41) is 3.21. The first-order chi connectivity index (χ1) is 10.1. The molecule has 1 amide bonds. The Balaban J connectivity index is 2.04. The Morgan fingerprint density at radius 2 is 1.86 bits per heavy atom. The van der Waals surface area contributed by atoms with E-state index in [-0.39, 0.29) is 11.9 Å². The molecule has 1 aliphatic carbocycles. The van der Waals surface area contributed by atoms with E-state index in [0.717, 1.165) is 5.56 Å². The Hall–Kier alpha value is -1.35. The van der Waals surface area contributed by atoms with E-state index in [9.17, 15) is 4.79 Å². The van der Waals surface area contributed by atoms with E-state index >= 15 is 0 Å². The number of carbonyl (C=O) groups is 1. The molecule has 1 aliphatic rings. The van der Waals surface area contributed by atoms with Crippen molar-refractivity contribution in [2.24, 2.45) is 11.7 Å². The van der Waals surface area contributed by atoms with Crippen molar-refractivity contribution in [1.82, 2.24) is 5.32 Å². The van der Waals surface area contributed by atoms with Gasteiger partial charge in [-0.15, -0.1) is 0 Å². The second-order valence-corrected chi connectivity index (χ2v) is 6.70. The number of rotatable bonds is 5. The SMILES string of the molecule is CC(C)(C(=O)NC(CN)C1CCCCC1)c1ccccc1. The van der Waals surface area contributed by atoms with E-state index in [1.54, 1.807) is 0 Å². The van der Waals surface area contributed by atoms with Crippen LogP contribution in [0, 0.1) is 5.92 Å². The standard InChI is InChI=1S/C18H28N2O/c1-18(2,15-11-7-4-8-12-15)17(21)20-16(13-19)14-9-5-3-6-10-14/h4,7-8,11-12,14,16H,3,5-6,9-10,13,19H2,1-2H3,(H,20,21). The maximum absolute atomic E-state index is 12.7. The molecule has 3 nitrogen and oxygen atoms in total. The molecule has 0 aliphatic heterocycles. The number of hydrogen-bond acceptors (Lipinski definition) is 2. The van der Waals surface area contributed by atoms with Gasteiger partial charge in [0.05, 0.1) is 5.41 Å². The first kappa shape index (κ1) is 16.0. The van der Waals surface area contributed by atoms with Crippen LogP contribution in [-0.4, -0.2) is 18.5 Å². The van der Waals surface area contributed by atoms with Crippen molar-refractivity contribution in [2.45, 2.75) is 57.4 Å². The number of benzene rings is 1. The summed E-state index contributed by atoms with van der Waals surface area (Å²) in [5.41, 5.74) is 6.44. The molecule has 1 unspecified atom stereocenters. The molecule has 1 fully saturated rings. The lowest BCUT2D eigenvalue weighted by molar-refractivity contribution is -0.126. The monoisotopic (exact) mass is 288 g/mol. The number of hydrogen-bond donors (Lipinski definition) is 2. The van der Waals surface area contributed by atoms with Gasteiger partial charge in [0.1, 0.15) is 0 Å². The third-order valence-electron chi connectivity index (χ3n) is 4.85. The number of amides is 1. The zero-order valence-corrected chi connectivity index (χ0v) is 13.3. The summed E-state index contributed by atoms with van der Waals surface area (Å²) < 4.78 is 0. The largest absolute Gasteiger partial charge is 0.351 e. The van der Waals surface area contributed by atoms with Crippen LogP contribution < -0.4 is 11.1 Å². The normalized spacial score (nSPS) is 18.2. The molecule has 1 aromatic rings. The number of carbonyl (C=O) groups excluding carboxylic acids is 1. The molecule has 1 aromatic carbocycles. The van der Waals surface area contributed by atoms with E-state index in [4.69, 9.17) is 5.73 Å². The highest BCUT2D eigenvalue weighted by Gasteiger charge is 2.33. The fourth-order valence-corrected chi connectivity index (χ4v) is 3.24. The Kier molecular flexibility index (Phi) is 5.40. The van der Waals surface area contributed by atoms with Crippen LogP contribution >= 0.6 is 0 Å². The van der Waals surface area contributed by atoms with Crippen LogP contribution in [0.3, 0.4) is 0 Å². The van der Waals surface area contributed by atoms with Crippen molar-refractivity contribution >= 4 is 5.91 Å². The van der Waals surface area contributed by atoms with Gasteiger partial charge in [0.25, 0.3) is 0 Å². The molecule has 0 spiro atoms. The molecule has 0 radical (unpaired) electrons. The van der Waals surface area contributed by atoms with E-state index in [1.165, 1.54) is 32.1 Å². The van der Waals surface area contributed by atoms with Crippen molar-refractivity contribution in [2.75, 3.05) is 6.54 Å². The van der Waals surface area contributed by atoms with Crippen LogP contribution in [0.1, 0.15) is 51.5 Å². The van der Waals surface area contributed by atoms with Gasteiger partial charge in [-0.3, -0.25) is 4.79 Å². The molecule has 3 heteroatoms. The lowest BCUT2D eigenvalue weighted by Gasteiger charge is -2.33. The lowest BCUT2D eigenvalue weighted by atomic mass is 9.81. The van der Waals surface area contributed by atoms with Crippen LogP contribution in [0.15, 0.2) is 30.3 Å². The molecule has 21 heavy (non-hydrogen) atoms. The predicted octanol–water partition coefficient (Wildman–Crippen LogP) is 2.99. The zero-order valence-electron chi connectivity index (χ0n) is 13.3. The first-order valence-electron chi connectivity index (χ1n) is 8.12. The fourth-order valence-electron chi connectivity index (χ4n) is 3.24. The minimum absolute atomic E-state index is 0.0784. The van der Waals surface area contributed by atoms with Gasteiger partial charge in [0.2, 0.25) is 5.91 Å². The molecule has 1 saturated carbocycles. The maximum Gasteiger partial charge on any atom is 0.230 e. The molecular weight excluding hydrogens is 260 g/mol. The number of nitrogens with two attached hydrogens (primary N) is 1. The van der Waals surface area contributed by atoms with Crippen molar-refractivity contribution in [3.05, 3.63) is 35.9 Å². The molecule has 1 atom stereocenters. The van der Waals surface area contributed by atoms with Gasteiger partial charge in [-0.05, 0) is 38.2 Å².